The Kier molecular flexibility index (Phi) is 18.9. The highest BCUT2D eigenvalue weighted by atomic mass is 16.3. The normalized spacial score (nSPS) is 11.3. The Labute approximate surface area is 195 Å². The molecule has 1 heteroatoms. The first-order chi connectivity index (χ1) is 15.2. The molecular weight excluding hydrogens is 376 g/mol. The van der Waals surface area contributed by atoms with Crippen molar-refractivity contribution in [2.24, 2.45) is 0 Å². The number of hydrogen-bond donors (Lipinski definition) is 1. The Morgan fingerprint density at radius 2 is 0.871 bits per heavy atom. The van der Waals surface area contributed by atoms with Crippen LogP contribution >= 0.6 is 0 Å². The van der Waals surface area contributed by atoms with Crippen LogP contribution in [0.2, 0.25) is 0 Å². The summed E-state index contributed by atoms with van der Waals surface area (Å²) in [5.74, 6) is 0.419. The Balaban J connectivity index is 1.72. The molecule has 0 saturated heterocycles. The van der Waals surface area contributed by atoms with Crippen molar-refractivity contribution in [1.82, 2.24) is 0 Å². The SMILES string of the molecule is CCCCCCCCCCCCCCCCCCCCCCCc1ccc(O)c(C)c1. The van der Waals surface area contributed by atoms with Crippen LogP contribution in [0.3, 0.4) is 0 Å². The van der Waals surface area contributed by atoms with Gasteiger partial charge in [0.15, 0.2) is 0 Å². The second-order valence-corrected chi connectivity index (χ2v) is 9.94. The quantitative estimate of drug-likeness (QED) is 0.181. The molecule has 180 valence electrons. The predicted octanol–water partition coefficient (Wildman–Crippen LogP) is 10.5. The summed E-state index contributed by atoms with van der Waals surface area (Å²) >= 11 is 0. The molecule has 31 heavy (non-hydrogen) atoms. The number of rotatable bonds is 22. The van der Waals surface area contributed by atoms with Crippen molar-refractivity contribution in [3.63, 3.8) is 0 Å². The van der Waals surface area contributed by atoms with Gasteiger partial charge in [-0.3, -0.25) is 0 Å². The molecule has 0 heterocycles. The molecule has 0 fully saturated rings. The Bertz CT molecular complexity index is 507. The molecule has 1 aromatic carbocycles. The summed E-state index contributed by atoms with van der Waals surface area (Å²) in [6.45, 7) is 4.28. The van der Waals surface area contributed by atoms with Crippen molar-refractivity contribution >= 4 is 0 Å². The van der Waals surface area contributed by atoms with Gasteiger partial charge < -0.3 is 5.11 Å². The maximum atomic E-state index is 9.59. The number of hydrogen-bond acceptors (Lipinski definition) is 1. The van der Waals surface area contributed by atoms with Gasteiger partial charge in [0, 0.05) is 0 Å². The zero-order valence-electron chi connectivity index (χ0n) is 21.2. The molecule has 0 aromatic heterocycles. The van der Waals surface area contributed by atoms with E-state index in [0.717, 1.165) is 12.0 Å². The van der Waals surface area contributed by atoms with E-state index in [0.29, 0.717) is 5.75 Å². The first-order valence-corrected chi connectivity index (χ1v) is 14.0. The van der Waals surface area contributed by atoms with Crippen LogP contribution < -0.4 is 0 Å². The summed E-state index contributed by atoms with van der Waals surface area (Å²) in [5, 5.41) is 9.59. The molecule has 0 radical (unpaired) electrons. The highest BCUT2D eigenvalue weighted by Crippen LogP contribution is 2.19. The van der Waals surface area contributed by atoms with Gasteiger partial charge in [-0.25, -0.2) is 0 Å². The van der Waals surface area contributed by atoms with Gasteiger partial charge >= 0.3 is 0 Å². The molecule has 0 atom stereocenters. The minimum atomic E-state index is 0.419. The summed E-state index contributed by atoms with van der Waals surface area (Å²) < 4.78 is 0. The van der Waals surface area contributed by atoms with Gasteiger partial charge in [-0.2, -0.15) is 0 Å². The van der Waals surface area contributed by atoms with Crippen molar-refractivity contribution in [3.8, 4) is 5.75 Å². The lowest BCUT2D eigenvalue weighted by molar-refractivity contribution is 0.470. The second kappa shape index (κ2) is 20.9. The smallest absolute Gasteiger partial charge is 0.118 e. The van der Waals surface area contributed by atoms with E-state index in [2.05, 4.69) is 19.1 Å². The van der Waals surface area contributed by atoms with Gasteiger partial charge in [0.2, 0.25) is 0 Å². The van der Waals surface area contributed by atoms with E-state index in [1.54, 1.807) is 0 Å². The maximum Gasteiger partial charge on any atom is 0.118 e. The molecule has 1 rings (SSSR count). The molecule has 0 aliphatic rings. The summed E-state index contributed by atoms with van der Waals surface area (Å²) in [6.07, 6.45) is 31.3. The van der Waals surface area contributed by atoms with Crippen molar-refractivity contribution in [3.05, 3.63) is 29.3 Å². The zero-order chi connectivity index (χ0) is 22.4. The lowest BCUT2D eigenvalue weighted by Crippen LogP contribution is -1.88. The van der Waals surface area contributed by atoms with E-state index in [1.807, 2.05) is 13.0 Å². The molecular formula is C30H54O. The van der Waals surface area contributed by atoms with E-state index in [-0.39, 0.29) is 0 Å². The van der Waals surface area contributed by atoms with Crippen LogP contribution in [0, 0.1) is 6.92 Å². The van der Waals surface area contributed by atoms with Crippen LogP contribution in [0.15, 0.2) is 18.2 Å². The largest absolute Gasteiger partial charge is 0.508 e. The first-order valence-electron chi connectivity index (χ1n) is 14.0. The van der Waals surface area contributed by atoms with E-state index in [4.69, 9.17) is 0 Å². The Morgan fingerprint density at radius 3 is 1.23 bits per heavy atom. The molecule has 1 aromatic rings. The van der Waals surface area contributed by atoms with Gasteiger partial charge in [0.25, 0.3) is 0 Å². The van der Waals surface area contributed by atoms with Gasteiger partial charge in [-0.15, -0.1) is 0 Å². The van der Waals surface area contributed by atoms with Crippen LogP contribution in [0.4, 0.5) is 0 Å². The summed E-state index contributed by atoms with van der Waals surface area (Å²) in [4.78, 5) is 0. The zero-order valence-corrected chi connectivity index (χ0v) is 21.2. The Hall–Kier alpha value is -0.980. The van der Waals surface area contributed by atoms with Gasteiger partial charge in [0.1, 0.15) is 5.75 Å². The summed E-state index contributed by atoms with van der Waals surface area (Å²) in [5.41, 5.74) is 2.37. The topological polar surface area (TPSA) is 20.2 Å². The van der Waals surface area contributed by atoms with Gasteiger partial charge in [-0.1, -0.05) is 147 Å². The first kappa shape index (κ1) is 28.1. The average molecular weight is 431 g/mol. The molecule has 0 spiro atoms. The second-order valence-electron chi connectivity index (χ2n) is 9.94. The fourth-order valence-corrected chi connectivity index (χ4v) is 4.63. The third kappa shape index (κ3) is 17.3. The standard InChI is InChI=1S/C30H54O/c1-3-4-5-6-7-8-9-10-11-12-13-14-15-16-17-18-19-20-21-22-23-24-29-25-26-30(31)28(2)27-29/h25-27,31H,3-24H2,1-2H3. The van der Waals surface area contributed by atoms with Gasteiger partial charge in [0.05, 0.1) is 0 Å². The molecule has 0 aliphatic carbocycles. The number of aryl methyl sites for hydroxylation is 2. The highest BCUT2D eigenvalue weighted by Gasteiger charge is 1.99. The van der Waals surface area contributed by atoms with E-state index in [9.17, 15) is 5.11 Å². The fourth-order valence-electron chi connectivity index (χ4n) is 4.63. The van der Waals surface area contributed by atoms with Crippen molar-refractivity contribution in [2.45, 2.75) is 155 Å². The number of phenolic OH excluding ortho intramolecular Hbond substituents is 1. The third-order valence-electron chi connectivity index (χ3n) is 6.83. The van der Waals surface area contributed by atoms with Crippen molar-refractivity contribution in [2.75, 3.05) is 0 Å². The number of aromatic hydroxyl groups is 1. The molecule has 1 nitrogen and oxygen atoms in total. The van der Waals surface area contributed by atoms with Crippen LogP contribution in [-0.4, -0.2) is 5.11 Å². The Morgan fingerprint density at radius 1 is 0.516 bits per heavy atom. The fraction of sp³-hybridized carbons (Fsp3) is 0.800. The molecule has 0 amide bonds. The van der Waals surface area contributed by atoms with Gasteiger partial charge in [-0.05, 0) is 37.0 Å². The van der Waals surface area contributed by atoms with Crippen molar-refractivity contribution < 1.29 is 5.11 Å². The van der Waals surface area contributed by atoms with E-state index in [1.165, 1.54) is 140 Å². The average Bonchev–Trinajstić information content (AvgIpc) is 2.77. The highest BCUT2D eigenvalue weighted by molar-refractivity contribution is 5.34. The molecule has 0 bridgehead atoms. The number of phenols is 1. The minimum Gasteiger partial charge on any atom is -0.508 e. The number of benzene rings is 1. The molecule has 0 unspecified atom stereocenters. The van der Waals surface area contributed by atoms with Crippen LogP contribution in [0.25, 0.3) is 0 Å². The predicted molar refractivity (Wildman–Crippen MR) is 139 cm³/mol. The minimum absolute atomic E-state index is 0.419. The third-order valence-corrected chi connectivity index (χ3v) is 6.83. The van der Waals surface area contributed by atoms with Crippen molar-refractivity contribution in [1.29, 1.82) is 0 Å². The molecule has 0 aliphatic heterocycles. The van der Waals surface area contributed by atoms with E-state index < -0.39 is 0 Å². The molecule has 1 N–H and O–H groups in total. The monoisotopic (exact) mass is 430 g/mol. The van der Waals surface area contributed by atoms with Crippen LogP contribution in [0.5, 0.6) is 5.75 Å². The lowest BCUT2D eigenvalue weighted by atomic mass is 10.0. The number of unbranched alkanes of at least 4 members (excludes halogenated alkanes) is 20. The maximum absolute atomic E-state index is 9.59. The van der Waals surface area contributed by atoms with Crippen LogP contribution in [-0.2, 0) is 6.42 Å². The summed E-state index contributed by atoms with van der Waals surface area (Å²) in [7, 11) is 0. The lowest BCUT2D eigenvalue weighted by Gasteiger charge is -2.05. The summed E-state index contributed by atoms with van der Waals surface area (Å²) in [6, 6.07) is 6.03. The van der Waals surface area contributed by atoms with E-state index >= 15 is 0 Å². The van der Waals surface area contributed by atoms with Crippen LogP contribution in [0.1, 0.15) is 153 Å². The molecule has 0 saturated carbocycles.